The average Bonchev–Trinajstić information content (AvgIpc) is 2.60. The van der Waals surface area contributed by atoms with Gasteiger partial charge in [-0.1, -0.05) is 12.5 Å². The minimum atomic E-state index is -3.01. The number of hydrogen-bond acceptors (Lipinski definition) is 4. The Balaban J connectivity index is 1.81. The molecular formula is C17H22F2N2O3. The summed E-state index contributed by atoms with van der Waals surface area (Å²) >= 11 is 0. The summed E-state index contributed by atoms with van der Waals surface area (Å²) in [5, 5.41) is 0. The van der Waals surface area contributed by atoms with E-state index < -0.39 is 6.61 Å². The number of alkyl halides is 2. The molecule has 0 spiro atoms. The molecule has 3 rings (SSSR count). The molecule has 1 amide bonds. The summed E-state index contributed by atoms with van der Waals surface area (Å²) in [6.07, 6.45) is 3.44. The number of hydrogen-bond donors (Lipinski definition) is 0. The third-order valence-electron chi connectivity index (χ3n) is 4.76. The monoisotopic (exact) mass is 340 g/mol. The number of ether oxygens (including phenoxy) is 2. The first-order chi connectivity index (χ1) is 11.6. The quantitative estimate of drug-likeness (QED) is 0.845. The molecule has 132 valence electrons. The number of methoxy groups -OCH3 is 1. The van der Waals surface area contributed by atoms with Crippen LogP contribution in [0.4, 0.5) is 8.78 Å². The Morgan fingerprint density at radius 1 is 1.25 bits per heavy atom. The van der Waals surface area contributed by atoms with Crippen molar-refractivity contribution in [2.45, 2.75) is 31.9 Å². The number of piperazine rings is 1. The molecule has 1 atom stereocenters. The minimum absolute atomic E-state index is 0.124. The lowest BCUT2D eigenvalue weighted by Crippen LogP contribution is -2.56. The van der Waals surface area contributed by atoms with Crippen LogP contribution in [-0.2, 0) is 0 Å². The fourth-order valence-electron chi connectivity index (χ4n) is 3.57. The second kappa shape index (κ2) is 7.34. The minimum Gasteiger partial charge on any atom is -0.493 e. The summed E-state index contributed by atoms with van der Waals surface area (Å²) in [5.41, 5.74) is 0.124. The van der Waals surface area contributed by atoms with Crippen molar-refractivity contribution in [2.75, 3.05) is 33.3 Å². The molecule has 24 heavy (non-hydrogen) atoms. The van der Waals surface area contributed by atoms with Crippen LogP contribution in [0.5, 0.6) is 11.5 Å². The van der Waals surface area contributed by atoms with E-state index in [4.69, 9.17) is 4.74 Å². The second-order valence-corrected chi connectivity index (χ2v) is 6.15. The van der Waals surface area contributed by atoms with E-state index in [2.05, 4.69) is 9.64 Å². The van der Waals surface area contributed by atoms with Crippen molar-refractivity contribution in [3.63, 3.8) is 0 Å². The van der Waals surface area contributed by atoms with Crippen molar-refractivity contribution >= 4 is 5.91 Å². The normalized spacial score (nSPS) is 21.5. The Morgan fingerprint density at radius 2 is 2.08 bits per heavy atom. The van der Waals surface area contributed by atoms with Crippen LogP contribution in [-0.4, -0.2) is 61.6 Å². The molecule has 0 bridgehead atoms. The molecule has 0 saturated carbocycles. The van der Waals surface area contributed by atoms with Gasteiger partial charge in [-0.25, -0.2) is 0 Å². The number of amides is 1. The Hall–Kier alpha value is -1.89. The molecule has 7 heteroatoms. The van der Waals surface area contributed by atoms with Gasteiger partial charge < -0.3 is 14.4 Å². The van der Waals surface area contributed by atoms with Gasteiger partial charge in [0.25, 0.3) is 5.91 Å². The molecule has 2 saturated heterocycles. The second-order valence-electron chi connectivity index (χ2n) is 6.15. The van der Waals surface area contributed by atoms with Gasteiger partial charge in [0, 0.05) is 25.7 Å². The van der Waals surface area contributed by atoms with Gasteiger partial charge in [-0.15, -0.1) is 0 Å². The highest BCUT2D eigenvalue weighted by molar-refractivity contribution is 5.98. The Morgan fingerprint density at radius 3 is 2.83 bits per heavy atom. The molecule has 0 N–H and O–H groups in total. The topological polar surface area (TPSA) is 42.0 Å². The van der Waals surface area contributed by atoms with Crippen LogP contribution >= 0.6 is 0 Å². The molecule has 0 aromatic heterocycles. The molecule has 2 aliphatic rings. The summed E-state index contributed by atoms with van der Waals surface area (Å²) in [7, 11) is 1.36. The van der Waals surface area contributed by atoms with E-state index in [9.17, 15) is 13.6 Å². The van der Waals surface area contributed by atoms with Crippen molar-refractivity contribution in [1.82, 2.24) is 9.80 Å². The fraction of sp³-hybridized carbons (Fsp3) is 0.588. The number of fused-ring (bicyclic) bond motifs is 1. The van der Waals surface area contributed by atoms with E-state index in [1.807, 2.05) is 0 Å². The predicted octanol–water partition coefficient (Wildman–Crippen LogP) is 2.61. The smallest absolute Gasteiger partial charge is 0.387 e. The van der Waals surface area contributed by atoms with Crippen molar-refractivity contribution < 1.29 is 23.0 Å². The first-order valence-corrected chi connectivity index (χ1v) is 8.25. The van der Waals surface area contributed by atoms with Gasteiger partial charge in [0.15, 0.2) is 11.5 Å². The zero-order valence-electron chi connectivity index (χ0n) is 13.7. The maximum Gasteiger partial charge on any atom is 0.387 e. The number of nitrogens with zero attached hydrogens (tertiary/aromatic N) is 2. The molecule has 5 nitrogen and oxygen atoms in total. The van der Waals surface area contributed by atoms with Gasteiger partial charge >= 0.3 is 6.61 Å². The molecule has 0 aliphatic carbocycles. The van der Waals surface area contributed by atoms with Gasteiger partial charge in [0.05, 0.1) is 12.7 Å². The predicted molar refractivity (Wildman–Crippen MR) is 84.7 cm³/mol. The Bertz CT molecular complexity index is 597. The number of rotatable bonds is 4. The van der Waals surface area contributed by atoms with Crippen molar-refractivity contribution in [2.24, 2.45) is 0 Å². The lowest BCUT2D eigenvalue weighted by atomic mass is 9.99. The lowest BCUT2D eigenvalue weighted by Gasteiger charge is -2.44. The lowest BCUT2D eigenvalue weighted by molar-refractivity contribution is -0.0517. The van der Waals surface area contributed by atoms with Gasteiger partial charge in [-0.05, 0) is 31.5 Å². The summed E-state index contributed by atoms with van der Waals surface area (Å²) < 4.78 is 35.1. The number of benzene rings is 1. The largest absolute Gasteiger partial charge is 0.493 e. The maximum atomic E-state index is 12.9. The highest BCUT2D eigenvalue weighted by Crippen LogP contribution is 2.34. The number of carbonyl (C=O) groups is 1. The van der Waals surface area contributed by atoms with Crippen molar-refractivity contribution in [3.05, 3.63) is 23.8 Å². The zero-order chi connectivity index (χ0) is 17.1. The van der Waals surface area contributed by atoms with Gasteiger partial charge in [0.2, 0.25) is 0 Å². The molecular weight excluding hydrogens is 318 g/mol. The molecule has 1 aromatic carbocycles. The van der Waals surface area contributed by atoms with Gasteiger partial charge in [0.1, 0.15) is 0 Å². The highest BCUT2D eigenvalue weighted by atomic mass is 19.3. The third-order valence-corrected chi connectivity index (χ3v) is 4.76. The standard InChI is InChI=1S/C17H22F2N2O3/c1-23-14-7-4-6-13(15(14)24-17(18)19)16(22)21-10-9-20-8-3-2-5-12(20)11-21/h4,6-7,12,17H,2-3,5,8-11H2,1H3. The Labute approximate surface area is 140 Å². The van der Waals surface area contributed by atoms with Crippen LogP contribution in [0.2, 0.25) is 0 Å². The van der Waals surface area contributed by atoms with Crippen LogP contribution in [0.1, 0.15) is 29.6 Å². The van der Waals surface area contributed by atoms with E-state index in [0.717, 1.165) is 19.5 Å². The summed E-state index contributed by atoms with van der Waals surface area (Å²) in [5.74, 6) is -0.335. The number of para-hydroxylation sites is 1. The molecule has 2 aliphatic heterocycles. The van der Waals surface area contributed by atoms with Gasteiger partial charge in [-0.2, -0.15) is 8.78 Å². The van der Waals surface area contributed by atoms with E-state index >= 15 is 0 Å². The van der Waals surface area contributed by atoms with Crippen LogP contribution in [0.15, 0.2) is 18.2 Å². The van der Waals surface area contributed by atoms with Crippen molar-refractivity contribution in [1.29, 1.82) is 0 Å². The first-order valence-electron chi connectivity index (χ1n) is 8.25. The van der Waals surface area contributed by atoms with Crippen LogP contribution in [0.3, 0.4) is 0 Å². The third kappa shape index (κ3) is 3.45. The number of piperidine rings is 1. The summed E-state index contributed by atoms with van der Waals surface area (Å²) in [6, 6.07) is 4.99. The average molecular weight is 340 g/mol. The van der Waals surface area contributed by atoms with Crippen LogP contribution < -0.4 is 9.47 Å². The molecule has 1 unspecified atom stereocenters. The molecule has 2 fully saturated rings. The SMILES string of the molecule is COc1cccc(C(=O)N2CCN3CCCCC3C2)c1OC(F)F. The molecule has 0 radical (unpaired) electrons. The van der Waals surface area contributed by atoms with Crippen molar-refractivity contribution in [3.8, 4) is 11.5 Å². The van der Waals surface area contributed by atoms with E-state index in [1.54, 1.807) is 11.0 Å². The zero-order valence-corrected chi connectivity index (χ0v) is 13.7. The Kier molecular flexibility index (Phi) is 5.18. The van der Waals surface area contributed by atoms with E-state index in [-0.39, 0.29) is 23.0 Å². The maximum absolute atomic E-state index is 12.9. The van der Waals surface area contributed by atoms with E-state index in [1.165, 1.54) is 32.1 Å². The molecule has 2 heterocycles. The number of carbonyl (C=O) groups excluding carboxylic acids is 1. The number of halogens is 2. The van der Waals surface area contributed by atoms with Crippen LogP contribution in [0, 0.1) is 0 Å². The van der Waals surface area contributed by atoms with Crippen LogP contribution in [0.25, 0.3) is 0 Å². The van der Waals surface area contributed by atoms with E-state index in [0.29, 0.717) is 19.1 Å². The first kappa shape index (κ1) is 17.0. The highest BCUT2D eigenvalue weighted by Gasteiger charge is 2.33. The summed E-state index contributed by atoms with van der Waals surface area (Å²) in [6.45, 7) is 0.116. The summed E-state index contributed by atoms with van der Waals surface area (Å²) in [4.78, 5) is 17.0. The van der Waals surface area contributed by atoms with Gasteiger partial charge in [-0.3, -0.25) is 9.69 Å². The molecule has 1 aromatic rings. The fourth-order valence-corrected chi connectivity index (χ4v) is 3.57.